The normalized spacial score (nSPS) is 20.7. The van der Waals surface area contributed by atoms with Crippen LogP contribution in [0.15, 0.2) is 48.5 Å². The van der Waals surface area contributed by atoms with E-state index in [9.17, 15) is 4.39 Å². The summed E-state index contributed by atoms with van der Waals surface area (Å²) < 4.78 is 21.6. The zero-order chi connectivity index (χ0) is 17.2. The summed E-state index contributed by atoms with van der Waals surface area (Å²) in [6, 6.07) is 15.3. The number of nitrogens with one attached hydrogen (secondary N) is 1. The van der Waals surface area contributed by atoms with Gasteiger partial charge in [0.05, 0.1) is 17.6 Å². The largest absolute Gasteiger partial charge is 0.461 e. The van der Waals surface area contributed by atoms with Gasteiger partial charge in [-0.3, -0.25) is 4.57 Å². The summed E-state index contributed by atoms with van der Waals surface area (Å²) in [5.74, 6) is 0.215. The Kier molecular flexibility index (Phi) is 4.40. The van der Waals surface area contributed by atoms with E-state index in [0.717, 1.165) is 36.1 Å². The van der Waals surface area contributed by atoms with Crippen LogP contribution in [-0.2, 0) is 6.54 Å². The summed E-state index contributed by atoms with van der Waals surface area (Å²) in [4.78, 5) is 4.70. The van der Waals surface area contributed by atoms with Crippen molar-refractivity contribution in [1.29, 1.82) is 0 Å². The first-order chi connectivity index (χ1) is 12.2. The molecule has 2 aromatic carbocycles. The first kappa shape index (κ1) is 16.1. The standard InChI is InChI=1S/C20H22FN3O/c1-14-12-22-11-10-19(14)25-20-23-17-4-2-3-5-18(17)24(20)13-15-6-8-16(21)9-7-15/h2-9,14,19,22H,10-13H2,1H3/t14-,19+/m0/s1. The van der Waals surface area contributed by atoms with Crippen molar-refractivity contribution in [3.8, 4) is 6.01 Å². The molecule has 5 heteroatoms. The molecule has 130 valence electrons. The molecule has 1 aliphatic heterocycles. The van der Waals surface area contributed by atoms with Gasteiger partial charge in [0.1, 0.15) is 11.9 Å². The predicted molar refractivity (Wildman–Crippen MR) is 96.3 cm³/mol. The Bertz CT molecular complexity index is 859. The number of halogens is 1. The number of ether oxygens (including phenoxy) is 1. The molecule has 0 radical (unpaired) electrons. The van der Waals surface area contributed by atoms with Gasteiger partial charge in [-0.05, 0) is 42.8 Å². The van der Waals surface area contributed by atoms with Crippen molar-refractivity contribution in [2.75, 3.05) is 13.1 Å². The van der Waals surface area contributed by atoms with Crippen molar-refractivity contribution in [3.05, 3.63) is 59.9 Å². The van der Waals surface area contributed by atoms with Gasteiger partial charge in [0.25, 0.3) is 6.01 Å². The molecule has 0 bridgehead atoms. The highest BCUT2D eigenvalue weighted by Crippen LogP contribution is 2.26. The van der Waals surface area contributed by atoms with Crippen molar-refractivity contribution >= 4 is 11.0 Å². The molecule has 4 nitrogen and oxygen atoms in total. The van der Waals surface area contributed by atoms with Crippen LogP contribution < -0.4 is 10.1 Å². The Morgan fingerprint density at radius 2 is 2.00 bits per heavy atom. The van der Waals surface area contributed by atoms with E-state index in [4.69, 9.17) is 9.72 Å². The number of para-hydroxylation sites is 2. The topological polar surface area (TPSA) is 39.1 Å². The Morgan fingerprint density at radius 3 is 2.80 bits per heavy atom. The molecule has 0 amide bonds. The lowest BCUT2D eigenvalue weighted by Gasteiger charge is -2.29. The van der Waals surface area contributed by atoms with Gasteiger partial charge in [-0.15, -0.1) is 0 Å². The molecule has 3 aromatic rings. The maximum atomic E-state index is 13.2. The Labute approximate surface area is 146 Å². The van der Waals surface area contributed by atoms with Crippen LogP contribution in [0.5, 0.6) is 6.01 Å². The van der Waals surface area contributed by atoms with Crippen molar-refractivity contribution in [3.63, 3.8) is 0 Å². The van der Waals surface area contributed by atoms with Crippen molar-refractivity contribution in [2.45, 2.75) is 26.0 Å². The summed E-state index contributed by atoms with van der Waals surface area (Å²) in [5, 5.41) is 3.39. The first-order valence-corrected chi connectivity index (χ1v) is 8.78. The van der Waals surface area contributed by atoms with E-state index in [2.05, 4.69) is 16.8 Å². The number of hydrogen-bond donors (Lipinski definition) is 1. The van der Waals surface area contributed by atoms with Gasteiger partial charge in [-0.25, -0.2) is 4.39 Å². The van der Waals surface area contributed by atoms with E-state index in [1.165, 1.54) is 12.1 Å². The number of nitrogens with zero attached hydrogens (tertiary/aromatic N) is 2. The minimum atomic E-state index is -0.223. The van der Waals surface area contributed by atoms with Gasteiger partial charge in [0, 0.05) is 12.5 Å². The van der Waals surface area contributed by atoms with E-state index < -0.39 is 0 Å². The molecule has 1 aromatic heterocycles. The molecule has 0 aliphatic carbocycles. The van der Waals surface area contributed by atoms with E-state index >= 15 is 0 Å². The molecule has 2 heterocycles. The molecule has 0 spiro atoms. The van der Waals surface area contributed by atoms with Gasteiger partial charge in [0.15, 0.2) is 0 Å². The number of rotatable bonds is 4. The summed E-state index contributed by atoms with van der Waals surface area (Å²) in [6.07, 6.45) is 1.13. The average molecular weight is 339 g/mol. The third-order valence-corrected chi connectivity index (χ3v) is 4.84. The monoisotopic (exact) mass is 339 g/mol. The quantitative estimate of drug-likeness (QED) is 0.789. The fourth-order valence-electron chi connectivity index (χ4n) is 3.37. The van der Waals surface area contributed by atoms with Gasteiger partial charge >= 0.3 is 0 Å². The highest BCUT2D eigenvalue weighted by atomic mass is 19.1. The molecule has 2 atom stereocenters. The number of hydrogen-bond acceptors (Lipinski definition) is 3. The molecular formula is C20H22FN3O. The molecule has 1 fully saturated rings. The Balaban J connectivity index is 1.68. The molecule has 25 heavy (non-hydrogen) atoms. The van der Waals surface area contributed by atoms with Crippen LogP contribution in [0.1, 0.15) is 18.9 Å². The molecule has 1 aliphatic rings. The van der Waals surface area contributed by atoms with E-state index in [1.54, 1.807) is 12.1 Å². The van der Waals surface area contributed by atoms with Crippen molar-refractivity contribution in [1.82, 2.24) is 14.9 Å². The fourth-order valence-corrected chi connectivity index (χ4v) is 3.37. The number of benzene rings is 2. The number of aromatic nitrogens is 2. The van der Waals surface area contributed by atoms with Crippen LogP contribution in [0.25, 0.3) is 11.0 Å². The zero-order valence-corrected chi connectivity index (χ0v) is 14.3. The summed E-state index contributed by atoms with van der Waals surface area (Å²) in [6.45, 7) is 4.73. The summed E-state index contributed by atoms with van der Waals surface area (Å²) >= 11 is 0. The number of piperidine rings is 1. The highest BCUT2D eigenvalue weighted by Gasteiger charge is 2.25. The number of imidazole rings is 1. The molecular weight excluding hydrogens is 317 g/mol. The minimum Gasteiger partial charge on any atom is -0.461 e. The van der Waals surface area contributed by atoms with Gasteiger partial charge in [-0.1, -0.05) is 31.2 Å². The van der Waals surface area contributed by atoms with Crippen LogP contribution in [0.3, 0.4) is 0 Å². The highest BCUT2D eigenvalue weighted by molar-refractivity contribution is 5.76. The lowest BCUT2D eigenvalue weighted by molar-refractivity contribution is 0.0976. The lowest BCUT2D eigenvalue weighted by Crippen LogP contribution is -2.41. The van der Waals surface area contributed by atoms with Crippen LogP contribution in [0.4, 0.5) is 4.39 Å². The van der Waals surface area contributed by atoms with Crippen molar-refractivity contribution < 1.29 is 9.13 Å². The molecule has 0 saturated carbocycles. The maximum absolute atomic E-state index is 13.2. The van der Waals surface area contributed by atoms with Crippen molar-refractivity contribution in [2.24, 2.45) is 5.92 Å². The van der Waals surface area contributed by atoms with Crippen LogP contribution in [0, 0.1) is 11.7 Å². The van der Waals surface area contributed by atoms with Gasteiger partial charge in [0.2, 0.25) is 0 Å². The van der Waals surface area contributed by atoms with Crippen LogP contribution >= 0.6 is 0 Å². The van der Waals surface area contributed by atoms with Crippen LogP contribution in [-0.4, -0.2) is 28.7 Å². The smallest absolute Gasteiger partial charge is 0.297 e. The summed E-state index contributed by atoms with van der Waals surface area (Å²) in [5.41, 5.74) is 2.97. The molecule has 1 saturated heterocycles. The number of fused-ring (bicyclic) bond motifs is 1. The van der Waals surface area contributed by atoms with Gasteiger partial charge in [-0.2, -0.15) is 4.98 Å². The minimum absolute atomic E-state index is 0.157. The molecule has 0 unspecified atom stereocenters. The second kappa shape index (κ2) is 6.84. The van der Waals surface area contributed by atoms with E-state index in [1.807, 2.05) is 24.3 Å². The summed E-state index contributed by atoms with van der Waals surface area (Å²) in [7, 11) is 0. The Morgan fingerprint density at radius 1 is 1.20 bits per heavy atom. The zero-order valence-electron chi connectivity index (χ0n) is 14.3. The predicted octanol–water partition coefficient (Wildman–Crippen LogP) is 3.60. The third-order valence-electron chi connectivity index (χ3n) is 4.84. The van der Waals surface area contributed by atoms with E-state index in [-0.39, 0.29) is 11.9 Å². The first-order valence-electron chi connectivity index (χ1n) is 8.78. The average Bonchev–Trinajstić information content (AvgIpc) is 2.96. The molecule has 4 rings (SSSR count). The van der Waals surface area contributed by atoms with E-state index in [0.29, 0.717) is 18.5 Å². The Hall–Kier alpha value is -2.40. The second-order valence-corrected chi connectivity index (χ2v) is 6.72. The third kappa shape index (κ3) is 3.37. The second-order valence-electron chi connectivity index (χ2n) is 6.72. The lowest BCUT2D eigenvalue weighted by atomic mass is 9.98. The maximum Gasteiger partial charge on any atom is 0.297 e. The fraction of sp³-hybridized carbons (Fsp3) is 0.350. The molecule has 1 N–H and O–H groups in total. The van der Waals surface area contributed by atoms with Crippen LogP contribution in [0.2, 0.25) is 0 Å². The van der Waals surface area contributed by atoms with Gasteiger partial charge < -0.3 is 10.1 Å². The SMILES string of the molecule is C[C@H]1CNCC[C@H]1Oc1nc2ccccc2n1Cc1ccc(F)cc1.